The number of carbonyl (C=O) groups excluding carboxylic acids is 1. The number of benzene rings is 1. The molecule has 2 rings (SSSR count). The zero-order chi connectivity index (χ0) is 33.8. The third kappa shape index (κ3) is 14.3. The Hall–Kier alpha value is -2.15. The highest BCUT2D eigenvalue weighted by Gasteiger charge is 2.40. The molecule has 0 fully saturated rings. The molecule has 1 amide bonds. The largest absolute Gasteiger partial charge is 0.345 e. The number of rotatable bonds is 8. The predicted octanol–water partition coefficient (Wildman–Crippen LogP) is 12.1. The molecule has 1 aromatic heterocycles. The van der Waals surface area contributed by atoms with Crippen LogP contribution in [0.4, 0.5) is 13.2 Å². The first-order valence-corrected chi connectivity index (χ1v) is 16.2. The summed E-state index contributed by atoms with van der Waals surface area (Å²) < 4.78 is 44.0. The van der Waals surface area contributed by atoms with Crippen molar-refractivity contribution in [2.24, 2.45) is 5.92 Å². The second-order valence-corrected chi connectivity index (χ2v) is 10.5. The van der Waals surface area contributed by atoms with E-state index in [1.54, 1.807) is 27.9 Å². The molecular weight excluding hydrogens is 601 g/mol. The summed E-state index contributed by atoms with van der Waals surface area (Å²) in [5.74, 6) is -4.61. The minimum atomic E-state index is -2.96. The quantitative estimate of drug-likeness (QED) is 0.283. The summed E-state index contributed by atoms with van der Waals surface area (Å²) in [4.78, 5) is 17.5. The Morgan fingerprint density at radius 1 is 1.05 bits per heavy atom. The number of amides is 1. The van der Waals surface area contributed by atoms with Crippen molar-refractivity contribution in [3.8, 4) is 0 Å². The average Bonchev–Trinajstić information content (AvgIpc) is 2.97. The molecule has 0 aliphatic rings. The molecule has 0 aliphatic carbocycles. The lowest BCUT2D eigenvalue weighted by atomic mass is 9.83. The zero-order valence-corrected chi connectivity index (χ0v) is 30.6. The van der Waals surface area contributed by atoms with E-state index in [1.807, 2.05) is 60.7 Å². The van der Waals surface area contributed by atoms with Crippen LogP contribution in [0.25, 0.3) is 6.08 Å². The van der Waals surface area contributed by atoms with Crippen molar-refractivity contribution < 1.29 is 18.0 Å². The van der Waals surface area contributed by atoms with Crippen LogP contribution < -0.4 is 0 Å². The van der Waals surface area contributed by atoms with Gasteiger partial charge in [-0.05, 0) is 62.4 Å². The first-order chi connectivity index (χ1) is 19.7. The maximum atomic E-state index is 14.5. The van der Waals surface area contributed by atoms with Gasteiger partial charge in [0.25, 0.3) is 11.8 Å². The number of allylic oxidation sites excluding steroid dienone is 1. The van der Waals surface area contributed by atoms with Crippen molar-refractivity contribution in [1.82, 2.24) is 9.88 Å². The molecule has 2 aromatic rings. The molecule has 1 atom stereocenters. The zero-order valence-electron chi connectivity index (χ0n) is 29.0. The van der Waals surface area contributed by atoms with Crippen molar-refractivity contribution in [1.29, 1.82) is 0 Å². The molecule has 0 N–H and O–H groups in total. The third-order valence-electron chi connectivity index (χ3n) is 6.32. The van der Waals surface area contributed by atoms with Crippen molar-refractivity contribution in [3.63, 3.8) is 0 Å². The van der Waals surface area contributed by atoms with Gasteiger partial charge in [0.15, 0.2) is 0 Å². The first-order valence-electron chi connectivity index (χ1n) is 15.4. The third-order valence-corrected chi connectivity index (χ3v) is 7.01. The smallest absolute Gasteiger partial charge is 0.254 e. The van der Waals surface area contributed by atoms with E-state index in [-0.39, 0.29) is 29.9 Å². The second kappa shape index (κ2) is 23.3. The van der Waals surface area contributed by atoms with Crippen LogP contribution in [0.1, 0.15) is 134 Å². The lowest BCUT2D eigenvalue weighted by Crippen LogP contribution is -2.28. The number of pyridine rings is 1. The maximum Gasteiger partial charge on any atom is 0.254 e. The standard InChI is InChI=1S/C17H24F3NO.C12H16BrN.3C2H6/c1-6-8-13(17(19,20)7-2)15-11(3)9-12(10-14(15)18)16(22)21(4)5;1-8(2)9(3)7-11-10(4)14-6-5-12(11)13;3*1-2/h9-10,13H,6-8H2,1-5H3;5-8H,1-4H3;3*1-2H3/b;9-7+;;;. The van der Waals surface area contributed by atoms with Gasteiger partial charge in [-0.2, -0.15) is 0 Å². The van der Waals surface area contributed by atoms with Gasteiger partial charge in [0.05, 0.1) is 5.92 Å². The van der Waals surface area contributed by atoms with E-state index >= 15 is 0 Å². The number of halogens is 4. The highest BCUT2D eigenvalue weighted by molar-refractivity contribution is 9.10. The molecular formula is C35H58BrF3N2O. The molecule has 0 bridgehead atoms. The van der Waals surface area contributed by atoms with Crippen molar-refractivity contribution in [2.45, 2.75) is 121 Å². The highest BCUT2D eigenvalue weighted by Crippen LogP contribution is 2.42. The minimum Gasteiger partial charge on any atom is -0.345 e. The first kappa shape index (κ1) is 44.3. The number of carbonyl (C=O) groups is 1. The van der Waals surface area contributed by atoms with Crippen molar-refractivity contribution in [2.75, 3.05) is 14.1 Å². The lowest BCUT2D eigenvalue weighted by Gasteiger charge is -2.28. The molecule has 0 spiro atoms. The number of aryl methyl sites for hydroxylation is 2. The monoisotopic (exact) mass is 658 g/mol. The molecule has 42 heavy (non-hydrogen) atoms. The van der Waals surface area contributed by atoms with Gasteiger partial charge < -0.3 is 4.90 Å². The van der Waals surface area contributed by atoms with Crippen LogP contribution in [0.2, 0.25) is 0 Å². The Morgan fingerprint density at radius 3 is 1.95 bits per heavy atom. The van der Waals surface area contributed by atoms with Gasteiger partial charge in [0.1, 0.15) is 5.82 Å². The van der Waals surface area contributed by atoms with Crippen molar-refractivity contribution >= 4 is 27.9 Å². The molecule has 0 saturated heterocycles. The van der Waals surface area contributed by atoms with Gasteiger partial charge >= 0.3 is 0 Å². The summed E-state index contributed by atoms with van der Waals surface area (Å²) in [5.41, 5.74) is 4.25. The van der Waals surface area contributed by atoms with Gasteiger partial charge in [-0.15, -0.1) is 0 Å². The van der Waals surface area contributed by atoms with E-state index in [0.717, 1.165) is 16.2 Å². The van der Waals surface area contributed by atoms with E-state index in [0.29, 0.717) is 17.9 Å². The molecule has 1 unspecified atom stereocenters. The van der Waals surface area contributed by atoms with Gasteiger partial charge in [-0.25, -0.2) is 13.2 Å². The Kier molecular flexibility index (Phi) is 24.6. The number of hydrogen-bond donors (Lipinski definition) is 0. The summed E-state index contributed by atoms with van der Waals surface area (Å²) in [5, 5.41) is 0. The number of nitrogens with zero attached hydrogens (tertiary/aromatic N) is 2. The predicted molar refractivity (Wildman–Crippen MR) is 181 cm³/mol. The van der Waals surface area contributed by atoms with E-state index in [4.69, 9.17) is 0 Å². The van der Waals surface area contributed by atoms with Gasteiger partial charge in [-0.3, -0.25) is 9.78 Å². The van der Waals surface area contributed by atoms with Crippen LogP contribution in [0.15, 0.2) is 34.4 Å². The molecule has 7 heteroatoms. The highest BCUT2D eigenvalue weighted by atomic mass is 79.9. The summed E-state index contributed by atoms with van der Waals surface area (Å²) in [7, 11) is 3.13. The summed E-state index contributed by atoms with van der Waals surface area (Å²) in [6.45, 7) is 25.4. The molecule has 0 radical (unpaired) electrons. The normalized spacial score (nSPS) is 11.4. The molecule has 0 saturated carbocycles. The molecule has 1 aromatic carbocycles. The summed E-state index contributed by atoms with van der Waals surface area (Å²) in [6.07, 6.45) is 4.44. The average molecular weight is 660 g/mol. The summed E-state index contributed by atoms with van der Waals surface area (Å²) >= 11 is 3.54. The number of alkyl halides is 2. The van der Waals surface area contributed by atoms with Crippen LogP contribution in [-0.4, -0.2) is 35.8 Å². The van der Waals surface area contributed by atoms with E-state index in [1.165, 1.54) is 29.0 Å². The Bertz CT molecular complexity index is 1020. The van der Waals surface area contributed by atoms with E-state index in [2.05, 4.69) is 47.8 Å². The van der Waals surface area contributed by atoms with E-state index < -0.39 is 17.7 Å². The number of hydrogen-bond acceptors (Lipinski definition) is 2. The van der Waals surface area contributed by atoms with Crippen LogP contribution in [0, 0.1) is 25.6 Å². The molecule has 0 aliphatic heterocycles. The van der Waals surface area contributed by atoms with Gasteiger partial charge in [0.2, 0.25) is 0 Å². The lowest BCUT2D eigenvalue weighted by molar-refractivity contribution is -0.0351. The Labute approximate surface area is 264 Å². The molecule has 1 heterocycles. The van der Waals surface area contributed by atoms with Crippen LogP contribution >= 0.6 is 15.9 Å². The second-order valence-electron chi connectivity index (χ2n) is 9.68. The fourth-order valence-electron chi connectivity index (χ4n) is 3.79. The fraction of sp³-hybridized carbons (Fsp3) is 0.600. The van der Waals surface area contributed by atoms with Crippen molar-refractivity contribution in [3.05, 3.63) is 68.2 Å². The molecule has 242 valence electrons. The van der Waals surface area contributed by atoms with Gasteiger partial charge in [-0.1, -0.05) is 103 Å². The van der Waals surface area contributed by atoms with Crippen LogP contribution in [0.5, 0.6) is 0 Å². The fourth-order valence-corrected chi connectivity index (χ4v) is 4.31. The maximum absolute atomic E-state index is 14.5. The number of aromatic nitrogens is 1. The molecule has 3 nitrogen and oxygen atoms in total. The topological polar surface area (TPSA) is 33.2 Å². The Morgan fingerprint density at radius 2 is 1.57 bits per heavy atom. The van der Waals surface area contributed by atoms with Crippen LogP contribution in [0.3, 0.4) is 0 Å². The SMILES string of the molecule is C/C(=C\c1c(Br)ccnc1C)C(C)C.CC.CC.CC.CCCC(c1c(C)cc(C(=O)N(C)C)cc1F)C(F)(F)CC. The minimum absolute atomic E-state index is 0.0315. The van der Waals surface area contributed by atoms with Gasteiger partial charge in [0, 0.05) is 48.0 Å². The van der Waals surface area contributed by atoms with E-state index in [9.17, 15) is 18.0 Å². The Balaban J connectivity index is -0.000000653. The van der Waals surface area contributed by atoms with Crippen LogP contribution in [-0.2, 0) is 0 Å². The summed E-state index contributed by atoms with van der Waals surface area (Å²) in [6, 6.07) is 4.54.